The molecule has 4 aromatic rings. The number of rotatable bonds is 6. The number of benzene rings is 2. The predicted octanol–water partition coefficient (Wildman–Crippen LogP) is 6.55. The molecule has 0 bridgehead atoms. The Bertz CT molecular complexity index is 1580. The van der Waals surface area contributed by atoms with Crippen LogP contribution in [0.25, 0.3) is 22.0 Å². The van der Waals surface area contributed by atoms with E-state index in [1.165, 1.54) is 29.7 Å². The van der Waals surface area contributed by atoms with Crippen molar-refractivity contribution in [2.75, 3.05) is 20.2 Å². The lowest BCUT2D eigenvalue weighted by atomic mass is 9.91. The smallest absolute Gasteiger partial charge is 0.352 e. The molecule has 0 saturated carbocycles. The van der Waals surface area contributed by atoms with E-state index in [2.05, 4.69) is 59.8 Å². The molecule has 3 heterocycles. The molecule has 2 aliphatic rings. The van der Waals surface area contributed by atoms with Crippen molar-refractivity contribution in [1.29, 1.82) is 0 Å². The molecule has 2 aromatic carbocycles. The van der Waals surface area contributed by atoms with Gasteiger partial charge in [0.25, 0.3) is 0 Å². The van der Waals surface area contributed by atoms with Crippen LogP contribution in [-0.2, 0) is 39.4 Å². The summed E-state index contributed by atoms with van der Waals surface area (Å²) in [5.74, 6) is 0.149. The fourth-order valence-electron chi connectivity index (χ4n) is 7.12. The van der Waals surface area contributed by atoms with Gasteiger partial charge in [0.1, 0.15) is 11.4 Å². The molecule has 0 saturated heterocycles. The molecule has 0 atom stereocenters. The van der Waals surface area contributed by atoms with E-state index in [0.29, 0.717) is 25.3 Å². The lowest BCUT2D eigenvalue weighted by Gasteiger charge is -2.20. The Balaban J connectivity index is 1.39. The van der Waals surface area contributed by atoms with Gasteiger partial charge in [0.2, 0.25) is 0 Å². The molecule has 0 unspecified atom stereocenters. The number of nitrogens with zero attached hydrogens (tertiary/aromatic N) is 4. The fourth-order valence-corrected chi connectivity index (χ4v) is 7.12. The third-order valence-corrected chi connectivity index (χ3v) is 9.02. The van der Waals surface area contributed by atoms with Crippen molar-refractivity contribution in [3.05, 3.63) is 70.2 Å². The minimum Gasteiger partial charge on any atom is -0.493 e. The van der Waals surface area contributed by atoms with E-state index in [4.69, 9.17) is 9.84 Å². The van der Waals surface area contributed by atoms with Crippen LogP contribution in [0.2, 0.25) is 0 Å². The van der Waals surface area contributed by atoms with Crippen molar-refractivity contribution in [2.24, 2.45) is 7.05 Å². The summed E-state index contributed by atoms with van der Waals surface area (Å²) >= 11 is 0. The second-order valence-corrected chi connectivity index (χ2v) is 11.9. The van der Waals surface area contributed by atoms with Crippen LogP contribution in [0.3, 0.4) is 0 Å². The van der Waals surface area contributed by atoms with Crippen molar-refractivity contribution in [1.82, 2.24) is 19.2 Å². The van der Waals surface area contributed by atoms with Crippen molar-refractivity contribution in [3.63, 3.8) is 0 Å². The summed E-state index contributed by atoms with van der Waals surface area (Å²) in [7, 11) is 4.19. The Labute approximate surface area is 242 Å². The number of carbonyl (C=O) groups is 1. The molecule has 0 amide bonds. The van der Waals surface area contributed by atoms with Crippen LogP contribution >= 0.6 is 0 Å². The second kappa shape index (κ2) is 11.7. The molecule has 7 nitrogen and oxygen atoms in total. The van der Waals surface area contributed by atoms with Crippen LogP contribution in [0.1, 0.15) is 77.1 Å². The van der Waals surface area contributed by atoms with Crippen LogP contribution in [0, 0.1) is 6.92 Å². The van der Waals surface area contributed by atoms with Crippen LogP contribution in [0.15, 0.2) is 36.4 Å². The Morgan fingerprint density at radius 1 is 1.00 bits per heavy atom. The summed E-state index contributed by atoms with van der Waals surface area (Å²) in [5.41, 5.74) is 9.51. The maximum atomic E-state index is 12.9. The second-order valence-electron chi connectivity index (χ2n) is 11.9. The zero-order valence-corrected chi connectivity index (χ0v) is 24.7. The van der Waals surface area contributed by atoms with Gasteiger partial charge in [0.05, 0.1) is 23.5 Å². The molecule has 0 spiro atoms. The van der Waals surface area contributed by atoms with E-state index in [-0.39, 0.29) is 0 Å². The predicted molar refractivity (Wildman–Crippen MR) is 163 cm³/mol. The highest BCUT2D eigenvalue weighted by Gasteiger charge is 2.27. The number of aromatic nitrogens is 3. The van der Waals surface area contributed by atoms with Gasteiger partial charge in [0.15, 0.2) is 0 Å². The molecule has 7 heteroatoms. The number of para-hydroxylation sites is 1. The highest BCUT2D eigenvalue weighted by molar-refractivity contribution is 6.04. The monoisotopic (exact) mass is 554 g/mol. The van der Waals surface area contributed by atoms with Crippen molar-refractivity contribution in [2.45, 2.75) is 77.8 Å². The van der Waals surface area contributed by atoms with Crippen molar-refractivity contribution in [3.8, 4) is 16.9 Å². The van der Waals surface area contributed by atoms with Gasteiger partial charge in [-0.05, 0) is 94.6 Å². The highest BCUT2D eigenvalue weighted by Crippen LogP contribution is 2.39. The van der Waals surface area contributed by atoms with Crippen LogP contribution in [-0.4, -0.2) is 50.5 Å². The highest BCUT2D eigenvalue weighted by atomic mass is 16.5. The molecule has 0 radical (unpaired) electrons. The van der Waals surface area contributed by atoms with E-state index < -0.39 is 5.97 Å². The average Bonchev–Trinajstić information content (AvgIpc) is 3.42. The minimum atomic E-state index is -0.852. The van der Waals surface area contributed by atoms with E-state index in [9.17, 15) is 9.90 Å². The molecule has 6 rings (SSSR count). The largest absolute Gasteiger partial charge is 0.493 e. The van der Waals surface area contributed by atoms with Crippen molar-refractivity contribution < 1.29 is 14.6 Å². The minimum absolute atomic E-state index is 0.432. The topological polar surface area (TPSA) is 72.5 Å². The van der Waals surface area contributed by atoms with Gasteiger partial charge in [-0.1, -0.05) is 36.8 Å². The standard InChI is InChI=1S/C34H42N4O3/c1-23-31-28-16-10-15-26-27(17-11-21-41-30-18-9-13-24-12-5-6-14-25(24)30)33(34(39)40)38(32(26)28)20-8-4-7-19-36(2)22-29(31)37(3)35-23/h9-10,13,15-16,18H,4-8,11-12,14,17,19-22H2,1-3H3,(H,39,40). The number of ether oxygens (including phenoxy) is 1. The zero-order valence-electron chi connectivity index (χ0n) is 24.7. The van der Waals surface area contributed by atoms with Gasteiger partial charge in [-0.15, -0.1) is 0 Å². The SMILES string of the molecule is Cc1nn(C)c2c1-c1cccc3c(CCCOc4cccc5c4CCCC5)c(C(=O)O)n(c13)CCCCCN(C)C2. The Morgan fingerprint density at radius 3 is 2.66 bits per heavy atom. The molecule has 1 N–H and O–H groups in total. The van der Waals surface area contributed by atoms with Crippen LogP contribution in [0.5, 0.6) is 5.75 Å². The maximum absolute atomic E-state index is 12.9. The third-order valence-electron chi connectivity index (χ3n) is 9.02. The molecule has 41 heavy (non-hydrogen) atoms. The lowest BCUT2D eigenvalue weighted by Crippen LogP contribution is -2.21. The molecule has 2 aromatic heterocycles. The summed E-state index contributed by atoms with van der Waals surface area (Å²) < 4.78 is 10.4. The first-order valence-corrected chi connectivity index (χ1v) is 15.3. The third kappa shape index (κ3) is 5.28. The summed E-state index contributed by atoms with van der Waals surface area (Å²) in [4.78, 5) is 15.3. The van der Waals surface area contributed by atoms with Gasteiger partial charge >= 0.3 is 5.97 Å². The molecule has 0 fully saturated rings. The fraction of sp³-hybridized carbons (Fsp3) is 0.471. The maximum Gasteiger partial charge on any atom is 0.352 e. The first-order valence-electron chi connectivity index (χ1n) is 15.3. The van der Waals surface area contributed by atoms with Gasteiger partial charge in [-0.2, -0.15) is 5.10 Å². The first-order chi connectivity index (χ1) is 19.9. The quantitative estimate of drug-likeness (QED) is 0.274. The van der Waals surface area contributed by atoms with E-state index in [1.807, 2.05) is 11.7 Å². The summed E-state index contributed by atoms with van der Waals surface area (Å²) in [6.45, 7) is 5.15. The molecule has 1 aliphatic heterocycles. The molecule has 1 aliphatic carbocycles. The van der Waals surface area contributed by atoms with E-state index in [0.717, 1.165) is 90.7 Å². The van der Waals surface area contributed by atoms with Gasteiger partial charge in [0, 0.05) is 36.7 Å². The number of fused-ring (bicyclic) bond motifs is 3. The summed E-state index contributed by atoms with van der Waals surface area (Å²) in [5, 5.41) is 16.4. The van der Waals surface area contributed by atoms with Gasteiger partial charge in [-0.25, -0.2) is 4.79 Å². The van der Waals surface area contributed by atoms with Crippen molar-refractivity contribution >= 4 is 16.9 Å². The average molecular weight is 555 g/mol. The molecule has 216 valence electrons. The van der Waals surface area contributed by atoms with E-state index in [1.54, 1.807) is 0 Å². The molecular weight excluding hydrogens is 512 g/mol. The van der Waals surface area contributed by atoms with Crippen LogP contribution < -0.4 is 4.74 Å². The Kier molecular flexibility index (Phi) is 7.89. The normalized spacial score (nSPS) is 16.1. The number of aromatic carboxylic acids is 1. The number of hydrogen-bond acceptors (Lipinski definition) is 4. The van der Waals surface area contributed by atoms with Gasteiger partial charge < -0.3 is 19.3 Å². The number of carboxylic acids is 1. The number of hydrogen-bond donors (Lipinski definition) is 1. The van der Waals surface area contributed by atoms with Crippen LogP contribution in [0.4, 0.5) is 0 Å². The number of carboxylic acid groups (broad SMARTS) is 1. The van der Waals surface area contributed by atoms with E-state index >= 15 is 0 Å². The summed E-state index contributed by atoms with van der Waals surface area (Å²) in [6.07, 6.45) is 9.19. The Morgan fingerprint density at radius 2 is 1.80 bits per heavy atom. The Hall–Kier alpha value is -3.58. The zero-order chi connectivity index (χ0) is 28.5. The summed E-state index contributed by atoms with van der Waals surface area (Å²) in [6, 6.07) is 12.7. The van der Waals surface area contributed by atoms with Gasteiger partial charge in [-0.3, -0.25) is 4.68 Å². The number of aryl methyl sites for hydroxylation is 5. The molecular formula is C34H42N4O3. The lowest BCUT2D eigenvalue weighted by molar-refractivity contribution is 0.0684. The first kappa shape index (κ1) is 27.6.